The molecule has 0 bridgehead atoms. The van der Waals surface area contributed by atoms with Gasteiger partial charge in [0.15, 0.2) is 0 Å². The van der Waals surface area contributed by atoms with Crippen molar-refractivity contribution in [2.75, 3.05) is 11.9 Å². The van der Waals surface area contributed by atoms with Crippen LogP contribution in [0.4, 0.5) is 11.4 Å². The highest BCUT2D eigenvalue weighted by atomic mass is 15.1. The number of anilines is 2. The number of rotatable bonds is 0. The van der Waals surface area contributed by atoms with Gasteiger partial charge in [-0.2, -0.15) is 0 Å². The highest BCUT2D eigenvalue weighted by Crippen LogP contribution is 2.51. The fourth-order valence-corrected chi connectivity index (χ4v) is 4.65. The van der Waals surface area contributed by atoms with E-state index in [-0.39, 0.29) is 5.41 Å². The molecule has 0 saturated carbocycles. The van der Waals surface area contributed by atoms with Crippen LogP contribution in [0, 0.1) is 6.92 Å². The summed E-state index contributed by atoms with van der Waals surface area (Å²) in [7, 11) is 2.19. The van der Waals surface area contributed by atoms with E-state index < -0.39 is 0 Å². The molecule has 0 spiro atoms. The molecule has 0 unspecified atom stereocenters. The molecule has 1 aliphatic rings. The minimum atomic E-state index is -0.0365. The molecule has 4 aromatic carbocycles. The van der Waals surface area contributed by atoms with Gasteiger partial charge in [0.25, 0.3) is 0 Å². The van der Waals surface area contributed by atoms with Crippen molar-refractivity contribution < 1.29 is 0 Å². The van der Waals surface area contributed by atoms with E-state index in [0.29, 0.717) is 0 Å². The van der Waals surface area contributed by atoms with Gasteiger partial charge in [0, 0.05) is 23.8 Å². The van der Waals surface area contributed by atoms with Gasteiger partial charge in [0.2, 0.25) is 0 Å². The number of aryl methyl sites for hydroxylation is 1. The van der Waals surface area contributed by atoms with Crippen LogP contribution in [-0.4, -0.2) is 7.05 Å². The van der Waals surface area contributed by atoms with Crippen LogP contribution in [-0.2, 0) is 5.41 Å². The van der Waals surface area contributed by atoms with Gasteiger partial charge in [0.1, 0.15) is 0 Å². The molecule has 1 heterocycles. The average Bonchev–Trinajstić information content (AvgIpc) is 2.64. The van der Waals surface area contributed by atoms with E-state index in [0.717, 1.165) is 0 Å². The molecule has 0 atom stereocenters. The number of fused-ring (bicyclic) bond motifs is 5. The molecule has 0 saturated heterocycles. The zero-order chi connectivity index (χ0) is 18.1. The van der Waals surface area contributed by atoms with E-state index in [1.54, 1.807) is 0 Å². The van der Waals surface area contributed by atoms with Crippen molar-refractivity contribution in [2.24, 2.45) is 0 Å². The third kappa shape index (κ3) is 1.97. The van der Waals surface area contributed by atoms with E-state index in [2.05, 4.69) is 99.4 Å². The summed E-state index contributed by atoms with van der Waals surface area (Å²) in [5.41, 5.74) is 6.75. The standard InChI is InChI=1S/C25H23N/c1-16-9-11-22-21(13-16)25(2,3)24-20-15-18-8-6-5-7-17(18)14-19(20)10-12-23(24)26(22)4/h5-15H,1-4H3. The molecule has 1 aliphatic heterocycles. The third-order valence-corrected chi connectivity index (χ3v) is 6.04. The first-order valence-corrected chi connectivity index (χ1v) is 9.28. The highest BCUT2D eigenvalue weighted by molar-refractivity contribution is 6.03. The Labute approximate surface area is 154 Å². The lowest BCUT2D eigenvalue weighted by molar-refractivity contribution is 0.635. The highest BCUT2D eigenvalue weighted by Gasteiger charge is 2.36. The Morgan fingerprint density at radius 2 is 1.42 bits per heavy atom. The van der Waals surface area contributed by atoms with Gasteiger partial charge in [-0.1, -0.05) is 61.9 Å². The lowest BCUT2D eigenvalue weighted by atomic mass is 9.71. The van der Waals surface area contributed by atoms with E-state index in [1.807, 2.05) is 0 Å². The summed E-state index contributed by atoms with van der Waals surface area (Å²) in [6.45, 7) is 6.92. The second kappa shape index (κ2) is 5.11. The van der Waals surface area contributed by atoms with Crippen molar-refractivity contribution in [2.45, 2.75) is 26.2 Å². The minimum absolute atomic E-state index is 0.0365. The zero-order valence-corrected chi connectivity index (χ0v) is 15.8. The van der Waals surface area contributed by atoms with Crippen LogP contribution in [0.2, 0.25) is 0 Å². The summed E-state index contributed by atoms with van der Waals surface area (Å²) in [6.07, 6.45) is 0. The van der Waals surface area contributed by atoms with Crippen LogP contribution in [0.15, 0.2) is 66.7 Å². The maximum atomic E-state index is 2.37. The minimum Gasteiger partial charge on any atom is -0.344 e. The molecule has 0 aliphatic carbocycles. The lowest BCUT2D eigenvalue weighted by Crippen LogP contribution is -2.31. The zero-order valence-electron chi connectivity index (χ0n) is 15.8. The van der Waals surface area contributed by atoms with E-state index in [1.165, 1.54) is 49.6 Å². The Morgan fingerprint density at radius 3 is 2.19 bits per heavy atom. The summed E-state index contributed by atoms with van der Waals surface area (Å²) in [5.74, 6) is 0. The lowest BCUT2D eigenvalue weighted by Gasteiger charge is -2.41. The summed E-state index contributed by atoms with van der Waals surface area (Å²) in [5, 5.41) is 5.30. The van der Waals surface area contributed by atoms with Gasteiger partial charge < -0.3 is 4.90 Å². The summed E-state index contributed by atoms with van der Waals surface area (Å²) in [4.78, 5) is 2.35. The Balaban J connectivity index is 1.91. The molecule has 0 N–H and O–H groups in total. The fraction of sp³-hybridized carbons (Fsp3) is 0.200. The van der Waals surface area contributed by atoms with Gasteiger partial charge in [-0.3, -0.25) is 0 Å². The smallest absolute Gasteiger partial charge is 0.0456 e. The van der Waals surface area contributed by atoms with Crippen LogP contribution < -0.4 is 4.90 Å². The Kier molecular flexibility index (Phi) is 3.04. The van der Waals surface area contributed by atoms with Crippen molar-refractivity contribution in [1.82, 2.24) is 0 Å². The number of benzene rings is 4. The molecule has 26 heavy (non-hydrogen) atoms. The molecule has 0 fully saturated rings. The SMILES string of the molecule is Cc1ccc2c(c1)C(C)(C)c1c(ccc3cc4ccccc4cc13)N2C. The third-order valence-electron chi connectivity index (χ3n) is 6.04. The monoisotopic (exact) mass is 337 g/mol. The van der Waals surface area contributed by atoms with Gasteiger partial charge in [-0.15, -0.1) is 0 Å². The molecular formula is C25H23N. The molecule has 1 heteroatoms. The second-order valence-corrected chi connectivity index (χ2v) is 8.08. The molecular weight excluding hydrogens is 314 g/mol. The predicted molar refractivity (Wildman–Crippen MR) is 113 cm³/mol. The van der Waals surface area contributed by atoms with Gasteiger partial charge in [-0.05, 0) is 63.9 Å². The average molecular weight is 337 g/mol. The van der Waals surface area contributed by atoms with Crippen LogP contribution >= 0.6 is 0 Å². The van der Waals surface area contributed by atoms with E-state index >= 15 is 0 Å². The van der Waals surface area contributed by atoms with Gasteiger partial charge in [-0.25, -0.2) is 0 Å². The molecule has 5 rings (SSSR count). The maximum Gasteiger partial charge on any atom is 0.0456 e. The van der Waals surface area contributed by atoms with E-state index in [9.17, 15) is 0 Å². The van der Waals surface area contributed by atoms with Crippen molar-refractivity contribution in [3.05, 3.63) is 83.4 Å². The quantitative estimate of drug-likeness (QED) is 0.322. The summed E-state index contributed by atoms with van der Waals surface area (Å²) >= 11 is 0. The molecule has 1 nitrogen and oxygen atoms in total. The topological polar surface area (TPSA) is 3.24 Å². The summed E-state index contributed by atoms with van der Waals surface area (Å²) < 4.78 is 0. The van der Waals surface area contributed by atoms with Crippen molar-refractivity contribution in [3.63, 3.8) is 0 Å². The first-order chi connectivity index (χ1) is 12.5. The van der Waals surface area contributed by atoms with Crippen LogP contribution in [0.5, 0.6) is 0 Å². The maximum absolute atomic E-state index is 2.37. The summed E-state index contributed by atoms with van der Waals surface area (Å²) in [6, 6.07) is 24.7. The first-order valence-electron chi connectivity index (χ1n) is 9.28. The number of hydrogen-bond acceptors (Lipinski definition) is 1. The van der Waals surface area contributed by atoms with E-state index in [4.69, 9.17) is 0 Å². The van der Waals surface area contributed by atoms with Crippen molar-refractivity contribution in [3.8, 4) is 0 Å². The Morgan fingerprint density at radius 1 is 0.731 bits per heavy atom. The molecule has 0 aromatic heterocycles. The van der Waals surface area contributed by atoms with Crippen molar-refractivity contribution in [1.29, 1.82) is 0 Å². The van der Waals surface area contributed by atoms with Gasteiger partial charge in [0.05, 0.1) is 0 Å². The molecule has 0 amide bonds. The Hall–Kier alpha value is -2.80. The number of hydrogen-bond donors (Lipinski definition) is 0. The number of nitrogens with zero attached hydrogens (tertiary/aromatic N) is 1. The van der Waals surface area contributed by atoms with Crippen molar-refractivity contribution >= 4 is 32.9 Å². The normalized spacial score (nSPS) is 15.2. The molecule has 0 radical (unpaired) electrons. The predicted octanol–water partition coefficient (Wildman–Crippen LogP) is 6.71. The Bertz CT molecular complexity index is 1180. The van der Waals surface area contributed by atoms with Crippen LogP contribution in [0.3, 0.4) is 0 Å². The molecule has 128 valence electrons. The van der Waals surface area contributed by atoms with Crippen LogP contribution in [0.25, 0.3) is 21.5 Å². The van der Waals surface area contributed by atoms with Gasteiger partial charge >= 0.3 is 0 Å². The second-order valence-electron chi connectivity index (χ2n) is 8.08. The fourth-order valence-electron chi connectivity index (χ4n) is 4.65. The first kappa shape index (κ1) is 15.5. The molecule has 4 aromatic rings. The largest absolute Gasteiger partial charge is 0.344 e. The van der Waals surface area contributed by atoms with Crippen LogP contribution in [0.1, 0.15) is 30.5 Å².